The van der Waals surface area contributed by atoms with Crippen LogP contribution < -0.4 is 20.9 Å². The average molecular weight is 424 g/mol. The van der Waals surface area contributed by atoms with E-state index in [-0.39, 0.29) is 6.10 Å². The number of benzene rings is 1. The van der Waals surface area contributed by atoms with Gasteiger partial charge in [-0.05, 0) is 56.4 Å². The van der Waals surface area contributed by atoms with Gasteiger partial charge in [0, 0.05) is 50.2 Å². The summed E-state index contributed by atoms with van der Waals surface area (Å²) in [7, 11) is 0. The zero-order valence-electron chi connectivity index (χ0n) is 18.2. The van der Waals surface area contributed by atoms with Crippen molar-refractivity contribution in [1.29, 1.82) is 0 Å². The molecule has 2 heterocycles. The van der Waals surface area contributed by atoms with Crippen LogP contribution in [0.3, 0.4) is 0 Å². The second-order valence-electron chi connectivity index (χ2n) is 8.43. The Kier molecular flexibility index (Phi) is 6.41. The van der Waals surface area contributed by atoms with E-state index in [1.54, 1.807) is 6.20 Å². The van der Waals surface area contributed by atoms with Crippen LogP contribution in [-0.4, -0.2) is 53.2 Å². The predicted molar refractivity (Wildman–Crippen MR) is 119 cm³/mol. The van der Waals surface area contributed by atoms with Crippen LogP contribution in [0.1, 0.15) is 49.4 Å². The number of nitrogens with zero attached hydrogens (tertiary/aromatic N) is 6. The number of nitrogens with two attached hydrogens (primary N) is 2. The summed E-state index contributed by atoms with van der Waals surface area (Å²) in [5, 5.41) is 21.8. The fourth-order valence-electron chi connectivity index (χ4n) is 4.03. The highest BCUT2D eigenvalue weighted by molar-refractivity contribution is 6.00. The zero-order valence-corrected chi connectivity index (χ0v) is 18.2. The average Bonchev–Trinajstić information content (AvgIpc) is 3.60. The molecule has 0 atom stereocenters. The van der Waals surface area contributed by atoms with Crippen molar-refractivity contribution in [1.82, 2.24) is 15.1 Å². The fraction of sp³-hybridized carbons (Fsp3) is 0.500. The molecule has 1 aromatic heterocycles. The lowest BCUT2D eigenvalue weighted by molar-refractivity contribution is -0.114. The first kappa shape index (κ1) is 21.2. The SMILES string of the molecule is CC(C)Oc1cc(N2CCN(Cc3cccnn3)CC2)c(C(=[NH2+])N=NN)cc1C1CC1. The minimum atomic E-state index is 0.102. The Morgan fingerprint density at radius 1 is 1.26 bits per heavy atom. The summed E-state index contributed by atoms with van der Waals surface area (Å²) in [6.45, 7) is 8.47. The van der Waals surface area contributed by atoms with Crippen molar-refractivity contribution in [3.63, 3.8) is 0 Å². The van der Waals surface area contributed by atoms with E-state index in [1.807, 2.05) is 12.1 Å². The molecule has 4 N–H and O–H groups in total. The fourth-order valence-corrected chi connectivity index (χ4v) is 4.03. The third-order valence-electron chi connectivity index (χ3n) is 5.68. The number of ether oxygens (including phenoxy) is 1. The molecule has 0 radical (unpaired) electrons. The number of amidine groups is 1. The molecule has 1 aliphatic carbocycles. The van der Waals surface area contributed by atoms with Gasteiger partial charge in [-0.2, -0.15) is 10.2 Å². The second kappa shape index (κ2) is 9.38. The van der Waals surface area contributed by atoms with Crippen LogP contribution in [-0.2, 0) is 6.54 Å². The maximum Gasteiger partial charge on any atom is 0.353 e. The summed E-state index contributed by atoms with van der Waals surface area (Å²) in [6, 6.07) is 8.19. The number of anilines is 1. The molecular weight excluding hydrogens is 392 g/mol. The second-order valence-corrected chi connectivity index (χ2v) is 8.43. The molecule has 2 fully saturated rings. The molecule has 164 valence electrons. The van der Waals surface area contributed by atoms with Crippen LogP contribution in [0.15, 0.2) is 40.8 Å². The lowest BCUT2D eigenvalue weighted by Gasteiger charge is -2.36. The molecule has 0 unspecified atom stereocenters. The van der Waals surface area contributed by atoms with Crippen molar-refractivity contribution in [2.45, 2.75) is 45.3 Å². The molecule has 1 saturated heterocycles. The molecule has 1 aliphatic heterocycles. The zero-order chi connectivity index (χ0) is 21.8. The first-order chi connectivity index (χ1) is 15.0. The summed E-state index contributed by atoms with van der Waals surface area (Å²) < 4.78 is 6.19. The van der Waals surface area contributed by atoms with Gasteiger partial charge in [-0.3, -0.25) is 16.2 Å². The highest BCUT2D eigenvalue weighted by Crippen LogP contribution is 2.46. The Morgan fingerprint density at radius 3 is 2.65 bits per heavy atom. The normalized spacial score (nSPS) is 17.5. The Hall–Kier alpha value is -3.07. The van der Waals surface area contributed by atoms with Gasteiger partial charge >= 0.3 is 5.84 Å². The standard InChI is InChI=1S/C22H30N8O/c1-15(2)31-21-13-20(19(22(23)27-28-24)12-18(21)16-5-6-16)30-10-8-29(9-11-30)14-17-4-3-7-25-26-17/h3-4,7,12-13,15-16H,5-6,8-11,14H2,1-2H3,(H3,23,24,27)/p+1. The van der Waals surface area contributed by atoms with E-state index >= 15 is 0 Å². The van der Waals surface area contributed by atoms with E-state index in [0.717, 1.165) is 55.4 Å². The van der Waals surface area contributed by atoms with E-state index in [1.165, 1.54) is 18.4 Å². The molecule has 0 bridgehead atoms. The molecule has 9 heteroatoms. The van der Waals surface area contributed by atoms with Crippen molar-refractivity contribution in [3.8, 4) is 5.75 Å². The van der Waals surface area contributed by atoms with Crippen LogP contribution in [0.2, 0.25) is 0 Å². The first-order valence-electron chi connectivity index (χ1n) is 10.9. The van der Waals surface area contributed by atoms with Gasteiger partial charge in [0.05, 0.1) is 28.2 Å². The molecule has 0 spiro atoms. The number of aromatic nitrogens is 2. The minimum absolute atomic E-state index is 0.102. The van der Waals surface area contributed by atoms with E-state index in [4.69, 9.17) is 16.0 Å². The predicted octanol–water partition coefficient (Wildman–Crippen LogP) is 1.30. The quantitative estimate of drug-likeness (QED) is 0.228. The largest absolute Gasteiger partial charge is 0.491 e. The maximum atomic E-state index is 6.27. The summed E-state index contributed by atoms with van der Waals surface area (Å²) >= 11 is 0. The van der Waals surface area contributed by atoms with Crippen molar-refractivity contribution in [3.05, 3.63) is 47.3 Å². The van der Waals surface area contributed by atoms with Crippen molar-refractivity contribution in [2.24, 2.45) is 16.2 Å². The van der Waals surface area contributed by atoms with Crippen LogP contribution >= 0.6 is 0 Å². The van der Waals surface area contributed by atoms with Crippen LogP contribution in [0, 0.1) is 0 Å². The van der Waals surface area contributed by atoms with Crippen molar-refractivity contribution in [2.75, 3.05) is 31.1 Å². The first-order valence-corrected chi connectivity index (χ1v) is 10.9. The monoisotopic (exact) mass is 423 g/mol. The van der Waals surface area contributed by atoms with Crippen LogP contribution in [0.5, 0.6) is 5.75 Å². The summed E-state index contributed by atoms with van der Waals surface area (Å²) in [5.41, 5.74) is 4.07. The molecule has 2 aromatic rings. The van der Waals surface area contributed by atoms with Crippen molar-refractivity contribution >= 4 is 11.5 Å². The molecule has 9 nitrogen and oxygen atoms in total. The third-order valence-corrected chi connectivity index (χ3v) is 5.68. The smallest absolute Gasteiger partial charge is 0.353 e. The van der Waals surface area contributed by atoms with Crippen LogP contribution in [0.4, 0.5) is 5.69 Å². The Morgan fingerprint density at radius 2 is 2.03 bits per heavy atom. The van der Waals surface area contributed by atoms with Crippen molar-refractivity contribution < 1.29 is 10.1 Å². The third kappa shape index (κ3) is 5.16. The molecule has 1 saturated carbocycles. The van der Waals surface area contributed by atoms with E-state index in [0.29, 0.717) is 11.8 Å². The topological polar surface area (TPSA) is 118 Å². The van der Waals surface area contributed by atoms with Gasteiger partial charge in [0.15, 0.2) is 0 Å². The molecule has 0 amide bonds. The van der Waals surface area contributed by atoms with Gasteiger partial charge in [-0.15, -0.1) is 0 Å². The summed E-state index contributed by atoms with van der Waals surface area (Å²) in [4.78, 5) is 4.72. The number of hydrogen-bond acceptors (Lipinski definition) is 6. The Labute approximate surface area is 182 Å². The number of piperazine rings is 1. The van der Waals surface area contributed by atoms with E-state index in [9.17, 15) is 0 Å². The highest BCUT2D eigenvalue weighted by Gasteiger charge is 2.32. The molecule has 2 aliphatic rings. The van der Waals surface area contributed by atoms with Gasteiger partial charge in [0.25, 0.3) is 0 Å². The lowest BCUT2D eigenvalue weighted by atomic mass is 10.0. The Bertz CT molecular complexity index is 934. The summed E-state index contributed by atoms with van der Waals surface area (Å²) in [5.74, 6) is 7.09. The molecule has 4 rings (SSSR count). The molecular formula is C22H31N8O+. The Balaban J connectivity index is 1.58. The van der Waals surface area contributed by atoms with Gasteiger partial charge < -0.3 is 9.64 Å². The van der Waals surface area contributed by atoms with Gasteiger partial charge in [0.2, 0.25) is 0 Å². The molecule has 31 heavy (non-hydrogen) atoms. The number of rotatable bonds is 7. The summed E-state index contributed by atoms with van der Waals surface area (Å²) in [6.07, 6.45) is 4.15. The van der Waals surface area contributed by atoms with E-state index in [2.05, 4.69) is 56.3 Å². The molecule has 1 aromatic carbocycles. The van der Waals surface area contributed by atoms with Gasteiger partial charge in [-0.25, -0.2) is 0 Å². The van der Waals surface area contributed by atoms with Gasteiger partial charge in [-0.1, -0.05) is 0 Å². The van der Waals surface area contributed by atoms with Gasteiger partial charge in [0.1, 0.15) is 5.75 Å². The maximum absolute atomic E-state index is 6.27. The minimum Gasteiger partial charge on any atom is -0.491 e. The van der Waals surface area contributed by atoms with E-state index < -0.39 is 0 Å². The number of hydrogen-bond donors (Lipinski definition) is 2. The highest BCUT2D eigenvalue weighted by atomic mass is 16.5. The lowest BCUT2D eigenvalue weighted by Crippen LogP contribution is -2.47. The van der Waals surface area contributed by atoms with Crippen LogP contribution in [0.25, 0.3) is 0 Å².